The summed E-state index contributed by atoms with van der Waals surface area (Å²) in [6.07, 6.45) is 0. The summed E-state index contributed by atoms with van der Waals surface area (Å²) >= 11 is 1.82. The molecule has 9 aromatic carbocycles. The van der Waals surface area contributed by atoms with Gasteiger partial charge in [-0.3, -0.25) is 0 Å². The summed E-state index contributed by atoms with van der Waals surface area (Å²) in [4.78, 5) is 0. The summed E-state index contributed by atoms with van der Waals surface area (Å²) in [5.74, 6) is 0. The van der Waals surface area contributed by atoms with E-state index in [1.807, 2.05) is 17.3 Å². The molecule has 0 aliphatic rings. The minimum atomic E-state index is -0.446. The fourth-order valence-corrected chi connectivity index (χ4v) is 13.5. The predicted octanol–water partition coefficient (Wildman–Crippen LogP) is 10.7. The molecule has 0 fully saturated rings. The molecule has 0 heterocycles. The third-order valence-electron chi connectivity index (χ3n) is 9.13. The molecule has 0 aliphatic carbocycles. The Kier molecular flexibility index (Phi) is 21.3. The van der Waals surface area contributed by atoms with Crippen LogP contribution in [0, 0.1) is 6.65 Å². The van der Waals surface area contributed by atoms with Crippen molar-refractivity contribution in [3.05, 3.63) is 280 Å². The Morgan fingerprint density at radius 2 is 0.295 bits per heavy atom. The molecule has 61 heavy (non-hydrogen) atoms. The number of rotatable bonds is 9. The second-order valence-electron chi connectivity index (χ2n) is 13.0. The van der Waals surface area contributed by atoms with E-state index in [1.54, 1.807) is 0 Å². The summed E-state index contributed by atoms with van der Waals surface area (Å²) in [6.45, 7) is 4.50. The van der Waals surface area contributed by atoms with Gasteiger partial charge >= 0.3 is 38.3 Å². The van der Waals surface area contributed by atoms with E-state index in [2.05, 4.69) is 289 Å². The van der Waals surface area contributed by atoms with Gasteiger partial charge in [-0.15, -0.1) is 0 Å². The van der Waals surface area contributed by atoms with E-state index >= 15 is 0 Å². The van der Waals surface area contributed by atoms with E-state index in [-0.39, 0.29) is 0 Å². The van der Waals surface area contributed by atoms with Gasteiger partial charge in [0.15, 0.2) is 0 Å². The van der Waals surface area contributed by atoms with Crippen LogP contribution in [0.4, 0.5) is 0 Å². The van der Waals surface area contributed by atoms with Crippen LogP contribution < -0.4 is 47.7 Å². The van der Waals surface area contributed by atoms with Crippen LogP contribution in [-0.2, 0) is 22.0 Å². The number of benzene rings is 9. The van der Waals surface area contributed by atoms with E-state index in [0.29, 0.717) is 0 Å². The molecule has 0 radical (unpaired) electrons. The van der Waals surface area contributed by atoms with Gasteiger partial charge in [0.1, 0.15) is 0 Å². The minimum Gasteiger partial charge on any atom is -0.0622 e. The van der Waals surface area contributed by atoms with Crippen molar-refractivity contribution < 1.29 is 22.0 Å². The van der Waals surface area contributed by atoms with Gasteiger partial charge in [-0.1, -0.05) is 273 Å². The molecule has 6 heteroatoms. The standard InChI is InChI=1S/3C18H15P.CO.ClH.Rh.H/c3*1-4-10-16(11-5-1)19(17-12-6-2-7-13-17)18-14-8-3-9-15-18;1-2;;;/h3*1-15H;;1H;;/q;;;;;+1;/p-1. The first kappa shape index (κ1) is 47.0. The van der Waals surface area contributed by atoms with Gasteiger partial charge in [-0.05, 0) is 71.5 Å². The molecule has 0 N–H and O–H groups in total. The summed E-state index contributed by atoms with van der Waals surface area (Å²) in [7, 11) is 3.23. The molecular formula is C55H46ClOP3Rh. The largest absolute Gasteiger partial charge is 0.0622 e. The summed E-state index contributed by atoms with van der Waals surface area (Å²) in [5, 5.41) is 12.6. The Morgan fingerprint density at radius 1 is 0.213 bits per heavy atom. The molecule has 303 valence electrons. The molecule has 0 saturated carbocycles. The Labute approximate surface area is 380 Å². The minimum absolute atomic E-state index is 0.446. The van der Waals surface area contributed by atoms with Crippen LogP contribution in [0.1, 0.15) is 0 Å². The number of hydrogen-bond acceptors (Lipinski definition) is 0. The van der Waals surface area contributed by atoms with Crippen LogP contribution in [0.3, 0.4) is 0 Å². The zero-order valence-electron chi connectivity index (χ0n) is 33.5. The van der Waals surface area contributed by atoms with Gasteiger partial charge < -0.3 is 0 Å². The molecule has 0 saturated heterocycles. The van der Waals surface area contributed by atoms with Gasteiger partial charge in [0.2, 0.25) is 0 Å². The molecule has 0 amide bonds. The quantitative estimate of drug-likeness (QED) is 0.0595. The first-order chi connectivity index (χ1) is 30.3. The molecule has 0 unspecified atom stereocenters. The van der Waals surface area contributed by atoms with Crippen molar-refractivity contribution in [1.29, 1.82) is 0 Å². The average molecular weight is 954 g/mol. The van der Waals surface area contributed by atoms with E-state index < -0.39 is 23.8 Å². The fraction of sp³-hybridized carbons (Fsp3) is 0. The van der Waals surface area contributed by atoms with Crippen molar-refractivity contribution in [2.24, 2.45) is 0 Å². The van der Waals surface area contributed by atoms with Gasteiger partial charge in [-0.2, -0.15) is 0 Å². The smallest absolute Gasteiger partial charge is 0.0134 e. The Morgan fingerprint density at radius 3 is 0.377 bits per heavy atom. The van der Waals surface area contributed by atoms with Crippen LogP contribution in [-0.4, -0.2) is 0 Å². The Hall–Kier alpha value is -5.08. The van der Waals surface area contributed by atoms with Crippen molar-refractivity contribution in [3.63, 3.8) is 0 Å². The maximum atomic E-state index is 7.50. The number of halogens is 1. The average Bonchev–Trinajstić information content (AvgIpc) is 3.37. The fourth-order valence-electron chi connectivity index (χ4n) is 6.54. The molecule has 9 rings (SSSR count). The number of hydrogen-bond donors (Lipinski definition) is 0. The molecule has 0 bridgehead atoms. The molecule has 1 nitrogen and oxygen atoms in total. The SMILES string of the molecule is [C-]#[O+].[Cl][RhH].c1ccc(P(c2ccccc2)c2ccccc2)cc1.c1ccc(P(c2ccccc2)c2ccccc2)cc1.c1ccc(P(c2ccccc2)c2ccccc2)cc1. The van der Waals surface area contributed by atoms with Crippen molar-refractivity contribution in [2.75, 3.05) is 0 Å². The van der Waals surface area contributed by atoms with Crippen LogP contribution >= 0.6 is 33.5 Å². The van der Waals surface area contributed by atoms with Crippen molar-refractivity contribution in [3.8, 4) is 0 Å². The molecule has 0 aliphatic heterocycles. The van der Waals surface area contributed by atoms with Crippen molar-refractivity contribution in [2.45, 2.75) is 0 Å². The summed E-state index contributed by atoms with van der Waals surface area (Å²) < 4.78 is 7.50. The zero-order valence-corrected chi connectivity index (χ0v) is 38.6. The molecule has 0 spiro atoms. The van der Waals surface area contributed by atoms with Gasteiger partial charge in [0, 0.05) is 0 Å². The zero-order chi connectivity index (χ0) is 42.7. The predicted molar refractivity (Wildman–Crippen MR) is 267 cm³/mol. The molecule has 9 aromatic rings. The second-order valence-corrected chi connectivity index (χ2v) is 19.7. The van der Waals surface area contributed by atoms with E-state index in [1.165, 1.54) is 47.7 Å². The van der Waals surface area contributed by atoms with Crippen LogP contribution in [0.5, 0.6) is 0 Å². The normalized spacial score (nSPS) is 10.0. The molecule has 0 aromatic heterocycles. The Bertz CT molecular complexity index is 1920. The maximum Gasteiger partial charge on any atom is -0.0134 e. The van der Waals surface area contributed by atoms with Crippen molar-refractivity contribution in [1.82, 2.24) is 0 Å². The van der Waals surface area contributed by atoms with E-state index in [9.17, 15) is 0 Å². The first-order valence-electron chi connectivity index (χ1n) is 19.5. The Balaban J connectivity index is 0.000000166. The van der Waals surface area contributed by atoms with Crippen LogP contribution in [0.15, 0.2) is 273 Å². The van der Waals surface area contributed by atoms with Gasteiger partial charge in [0.25, 0.3) is 0 Å². The maximum absolute atomic E-state index is 7.50. The van der Waals surface area contributed by atoms with E-state index in [4.69, 9.17) is 4.65 Å². The monoisotopic (exact) mass is 953 g/mol. The molecule has 0 atom stereocenters. The summed E-state index contributed by atoms with van der Waals surface area (Å²) in [5.41, 5.74) is 0. The third-order valence-corrected chi connectivity index (χ3v) is 16.5. The second kappa shape index (κ2) is 27.7. The van der Waals surface area contributed by atoms with Crippen LogP contribution in [0.2, 0.25) is 0 Å². The third kappa shape index (κ3) is 14.5. The molecular weight excluding hydrogens is 908 g/mol. The van der Waals surface area contributed by atoms with Gasteiger partial charge in [0.05, 0.1) is 0 Å². The first-order valence-corrected chi connectivity index (χ1v) is 25.8. The topological polar surface area (TPSA) is 19.9 Å². The van der Waals surface area contributed by atoms with Crippen LogP contribution in [0.25, 0.3) is 0 Å². The van der Waals surface area contributed by atoms with Crippen molar-refractivity contribution >= 4 is 81.2 Å². The summed E-state index contributed by atoms with van der Waals surface area (Å²) in [6, 6.07) is 97.0. The van der Waals surface area contributed by atoms with Gasteiger partial charge in [-0.25, -0.2) is 0 Å². The van der Waals surface area contributed by atoms with E-state index in [0.717, 1.165) is 0 Å².